The molecule has 0 spiro atoms. The fourth-order valence-corrected chi connectivity index (χ4v) is 1.64. The predicted octanol–water partition coefficient (Wildman–Crippen LogP) is 3.96. The molecule has 0 atom stereocenters. The van der Waals surface area contributed by atoms with E-state index in [9.17, 15) is 0 Å². The van der Waals surface area contributed by atoms with Crippen LogP contribution in [0.1, 0.15) is 12.5 Å². The summed E-state index contributed by atoms with van der Waals surface area (Å²) in [5, 5.41) is 0.744. The molecule has 0 saturated carbocycles. The van der Waals surface area contributed by atoms with Crippen molar-refractivity contribution in [2.24, 2.45) is 0 Å². The molecule has 0 saturated heterocycles. The molecular weight excluding hydrogens is 206 g/mol. The second-order valence-electron chi connectivity index (χ2n) is 3.42. The minimum Gasteiger partial charge on any atom is -0.256 e. The minimum absolute atomic E-state index is 0.744. The fraction of sp³-hybridized carbons (Fsp3) is 0.154. The molecule has 1 nitrogen and oxygen atoms in total. The second kappa shape index (κ2) is 4.45. The molecule has 2 heteroatoms. The van der Waals surface area contributed by atoms with Crippen LogP contribution >= 0.6 is 11.6 Å². The van der Waals surface area contributed by atoms with Crippen molar-refractivity contribution >= 4 is 11.6 Å². The third-order valence-electron chi connectivity index (χ3n) is 2.35. The Morgan fingerprint density at radius 2 is 2.07 bits per heavy atom. The average molecular weight is 218 g/mol. The lowest BCUT2D eigenvalue weighted by molar-refractivity contribution is 1.11. The van der Waals surface area contributed by atoms with Gasteiger partial charge in [-0.1, -0.05) is 36.7 Å². The molecule has 0 N–H and O–H groups in total. The SMILES string of the molecule is CCc1ccc(-c2cccc(Cl)c2)nc1. The van der Waals surface area contributed by atoms with E-state index in [1.54, 1.807) is 0 Å². The van der Waals surface area contributed by atoms with Crippen LogP contribution in [0.25, 0.3) is 11.3 Å². The minimum atomic E-state index is 0.744. The van der Waals surface area contributed by atoms with Crippen LogP contribution in [0.4, 0.5) is 0 Å². The summed E-state index contributed by atoms with van der Waals surface area (Å²) in [6, 6.07) is 11.9. The molecule has 0 aliphatic carbocycles. The van der Waals surface area contributed by atoms with Gasteiger partial charge in [0.05, 0.1) is 5.69 Å². The number of benzene rings is 1. The number of rotatable bonds is 2. The number of aromatic nitrogens is 1. The van der Waals surface area contributed by atoms with Crippen molar-refractivity contribution in [1.29, 1.82) is 0 Å². The molecule has 2 aromatic rings. The summed E-state index contributed by atoms with van der Waals surface area (Å²) in [6.45, 7) is 2.12. The van der Waals surface area contributed by atoms with Crippen LogP contribution in [0.2, 0.25) is 5.02 Å². The van der Waals surface area contributed by atoms with Crippen LogP contribution < -0.4 is 0 Å². The molecule has 15 heavy (non-hydrogen) atoms. The van der Waals surface area contributed by atoms with Gasteiger partial charge in [-0.15, -0.1) is 0 Å². The lowest BCUT2D eigenvalue weighted by Crippen LogP contribution is -1.86. The molecule has 0 bridgehead atoms. The van der Waals surface area contributed by atoms with E-state index < -0.39 is 0 Å². The zero-order valence-electron chi connectivity index (χ0n) is 8.57. The van der Waals surface area contributed by atoms with E-state index in [1.807, 2.05) is 36.5 Å². The first-order valence-electron chi connectivity index (χ1n) is 5.00. The van der Waals surface area contributed by atoms with Crippen LogP contribution in [0.15, 0.2) is 42.6 Å². The number of halogens is 1. The first kappa shape index (κ1) is 10.2. The molecule has 1 aromatic carbocycles. The highest BCUT2D eigenvalue weighted by Gasteiger charge is 1.99. The van der Waals surface area contributed by atoms with Gasteiger partial charge in [0.25, 0.3) is 0 Å². The Hall–Kier alpha value is -1.34. The fourth-order valence-electron chi connectivity index (χ4n) is 1.45. The highest BCUT2D eigenvalue weighted by atomic mass is 35.5. The van der Waals surface area contributed by atoms with Crippen molar-refractivity contribution in [2.45, 2.75) is 13.3 Å². The van der Waals surface area contributed by atoms with E-state index in [4.69, 9.17) is 11.6 Å². The molecule has 0 radical (unpaired) electrons. The van der Waals surface area contributed by atoms with Gasteiger partial charge < -0.3 is 0 Å². The van der Waals surface area contributed by atoms with Crippen LogP contribution in [-0.4, -0.2) is 4.98 Å². The Labute approximate surface area is 94.7 Å². The Bertz CT molecular complexity index is 448. The van der Waals surface area contributed by atoms with Crippen LogP contribution in [0.5, 0.6) is 0 Å². The smallest absolute Gasteiger partial charge is 0.0702 e. The summed E-state index contributed by atoms with van der Waals surface area (Å²) < 4.78 is 0. The predicted molar refractivity (Wildman–Crippen MR) is 64.1 cm³/mol. The summed E-state index contributed by atoms with van der Waals surface area (Å²) in [6.07, 6.45) is 2.93. The lowest BCUT2D eigenvalue weighted by Gasteiger charge is -2.02. The van der Waals surface area contributed by atoms with E-state index in [0.717, 1.165) is 22.7 Å². The maximum atomic E-state index is 5.93. The monoisotopic (exact) mass is 217 g/mol. The summed E-state index contributed by atoms with van der Waals surface area (Å²) >= 11 is 5.93. The molecule has 1 aromatic heterocycles. The number of hydrogen-bond acceptors (Lipinski definition) is 1. The van der Waals surface area contributed by atoms with Crippen molar-refractivity contribution in [3.05, 3.63) is 53.2 Å². The van der Waals surface area contributed by atoms with E-state index in [1.165, 1.54) is 5.56 Å². The largest absolute Gasteiger partial charge is 0.256 e. The topological polar surface area (TPSA) is 12.9 Å². The van der Waals surface area contributed by atoms with Gasteiger partial charge in [-0.2, -0.15) is 0 Å². The van der Waals surface area contributed by atoms with Crippen LogP contribution in [0.3, 0.4) is 0 Å². The number of hydrogen-bond donors (Lipinski definition) is 0. The van der Waals surface area contributed by atoms with Crippen molar-refractivity contribution < 1.29 is 0 Å². The van der Waals surface area contributed by atoms with Crippen molar-refractivity contribution in [2.75, 3.05) is 0 Å². The Morgan fingerprint density at radius 3 is 2.67 bits per heavy atom. The van der Waals surface area contributed by atoms with Gasteiger partial charge >= 0.3 is 0 Å². The van der Waals surface area contributed by atoms with Gasteiger partial charge in [0.2, 0.25) is 0 Å². The van der Waals surface area contributed by atoms with Gasteiger partial charge in [0, 0.05) is 16.8 Å². The molecule has 2 rings (SSSR count). The maximum Gasteiger partial charge on any atom is 0.0702 e. The summed E-state index contributed by atoms with van der Waals surface area (Å²) in [4.78, 5) is 4.40. The van der Waals surface area contributed by atoms with Gasteiger partial charge in [0.15, 0.2) is 0 Å². The standard InChI is InChI=1S/C13H12ClN/c1-2-10-6-7-13(15-9-10)11-4-3-5-12(14)8-11/h3-9H,2H2,1H3. The Morgan fingerprint density at radius 1 is 1.20 bits per heavy atom. The van der Waals surface area contributed by atoms with Crippen molar-refractivity contribution in [1.82, 2.24) is 4.98 Å². The van der Waals surface area contributed by atoms with E-state index in [2.05, 4.69) is 18.0 Å². The highest BCUT2D eigenvalue weighted by molar-refractivity contribution is 6.30. The highest BCUT2D eigenvalue weighted by Crippen LogP contribution is 2.20. The molecule has 0 amide bonds. The molecule has 76 valence electrons. The zero-order valence-corrected chi connectivity index (χ0v) is 9.33. The molecule has 0 aliphatic rings. The molecular formula is C13H12ClN. The summed E-state index contributed by atoms with van der Waals surface area (Å²) in [5.74, 6) is 0. The Kier molecular flexibility index (Phi) is 3.02. The lowest BCUT2D eigenvalue weighted by atomic mass is 10.1. The quantitative estimate of drug-likeness (QED) is 0.742. The van der Waals surface area contributed by atoms with E-state index in [-0.39, 0.29) is 0 Å². The van der Waals surface area contributed by atoms with E-state index >= 15 is 0 Å². The van der Waals surface area contributed by atoms with Crippen LogP contribution in [0, 0.1) is 0 Å². The number of aryl methyl sites for hydroxylation is 1. The van der Waals surface area contributed by atoms with Crippen molar-refractivity contribution in [3.63, 3.8) is 0 Å². The zero-order chi connectivity index (χ0) is 10.7. The first-order valence-corrected chi connectivity index (χ1v) is 5.38. The first-order chi connectivity index (χ1) is 7.29. The second-order valence-corrected chi connectivity index (χ2v) is 3.85. The molecule has 0 fully saturated rings. The van der Waals surface area contributed by atoms with Gasteiger partial charge in [-0.25, -0.2) is 0 Å². The molecule has 0 unspecified atom stereocenters. The molecule has 0 aliphatic heterocycles. The number of pyridine rings is 1. The summed E-state index contributed by atoms with van der Waals surface area (Å²) in [5.41, 5.74) is 3.28. The van der Waals surface area contributed by atoms with Crippen molar-refractivity contribution in [3.8, 4) is 11.3 Å². The number of nitrogens with zero attached hydrogens (tertiary/aromatic N) is 1. The Balaban J connectivity index is 2.37. The third-order valence-corrected chi connectivity index (χ3v) is 2.59. The normalized spacial score (nSPS) is 10.3. The van der Waals surface area contributed by atoms with Gasteiger partial charge in [-0.05, 0) is 30.2 Å². The van der Waals surface area contributed by atoms with Gasteiger partial charge in [-0.3, -0.25) is 4.98 Å². The third kappa shape index (κ3) is 2.37. The summed E-state index contributed by atoms with van der Waals surface area (Å²) in [7, 11) is 0. The molecule has 1 heterocycles. The maximum absolute atomic E-state index is 5.93. The van der Waals surface area contributed by atoms with E-state index in [0.29, 0.717) is 0 Å². The van der Waals surface area contributed by atoms with Gasteiger partial charge in [0.1, 0.15) is 0 Å². The van der Waals surface area contributed by atoms with Crippen LogP contribution in [-0.2, 0) is 6.42 Å². The average Bonchev–Trinajstić information content (AvgIpc) is 2.29.